The normalized spacial score (nSPS) is 19.4. The minimum atomic E-state index is 0. The van der Waals surface area contributed by atoms with Crippen molar-refractivity contribution in [2.24, 2.45) is 0 Å². The molecule has 1 fully saturated rings. The number of piperidine rings is 1. The summed E-state index contributed by atoms with van der Waals surface area (Å²) in [5.41, 5.74) is 2.20. The third kappa shape index (κ3) is 3.96. The highest BCUT2D eigenvalue weighted by atomic mass is 35.5. The molecule has 1 atom stereocenters. The Morgan fingerprint density at radius 1 is 1.45 bits per heavy atom. The molecule has 0 spiro atoms. The van der Waals surface area contributed by atoms with Crippen LogP contribution in [-0.2, 0) is 4.79 Å². The Bertz CT molecular complexity index is 426. The van der Waals surface area contributed by atoms with Crippen molar-refractivity contribution in [1.29, 1.82) is 0 Å². The number of hydrogen-bond acceptors (Lipinski definition) is 3. The summed E-state index contributed by atoms with van der Waals surface area (Å²) in [5.74, 6) is 0.178. The quantitative estimate of drug-likeness (QED) is 0.911. The van der Waals surface area contributed by atoms with Gasteiger partial charge in [-0.1, -0.05) is 13.3 Å². The molecule has 1 N–H and O–H groups in total. The van der Waals surface area contributed by atoms with Crippen LogP contribution in [0.15, 0.2) is 5.38 Å². The van der Waals surface area contributed by atoms with Crippen molar-refractivity contribution in [3.05, 3.63) is 15.8 Å². The lowest BCUT2D eigenvalue weighted by atomic mass is 10.0. The van der Waals surface area contributed by atoms with Crippen LogP contribution in [0.5, 0.6) is 0 Å². The fourth-order valence-electron chi connectivity index (χ4n) is 2.81. The Hall–Kier alpha value is -0.580. The highest BCUT2D eigenvalue weighted by Crippen LogP contribution is 2.27. The molecule has 5 heteroatoms. The Morgan fingerprint density at radius 2 is 2.20 bits per heavy atom. The second-order valence-corrected chi connectivity index (χ2v) is 6.47. The van der Waals surface area contributed by atoms with Gasteiger partial charge < -0.3 is 5.32 Å². The van der Waals surface area contributed by atoms with Gasteiger partial charge in [0.15, 0.2) is 0 Å². The van der Waals surface area contributed by atoms with E-state index in [1.54, 1.807) is 11.3 Å². The first kappa shape index (κ1) is 17.5. The van der Waals surface area contributed by atoms with Gasteiger partial charge in [0.1, 0.15) is 0 Å². The summed E-state index contributed by atoms with van der Waals surface area (Å²) in [4.78, 5) is 16.0. The van der Waals surface area contributed by atoms with Crippen LogP contribution in [0.1, 0.15) is 43.0 Å². The Kier molecular flexibility index (Phi) is 7.00. The van der Waals surface area contributed by atoms with E-state index < -0.39 is 0 Å². The molecule has 1 aromatic rings. The molecule has 0 unspecified atom stereocenters. The lowest BCUT2D eigenvalue weighted by Crippen LogP contribution is -2.47. The number of rotatable bonds is 4. The number of thiophene rings is 1. The van der Waals surface area contributed by atoms with Crippen LogP contribution in [0.2, 0.25) is 0 Å². The van der Waals surface area contributed by atoms with Crippen molar-refractivity contribution in [3.63, 3.8) is 0 Å². The molecule has 0 aliphatic carbocycles. The van der Waals surface area contributed by atoms with Gasteiger partial charge in [0, 0.05) is 4.88 Å². The molecule has 0 bridgehead atoms. The monoisotopic (exact) mass is 316 g/mol. The molecule has 0 radical (unpaired) electrons. The first-order valence-electron chi connectivity index (χ1n) is 7.23. The molecule has 2 heterocycles. The number of halogens is 1. The Balaban J connectivity index is 0.00000200. The molecule has 1 aromatic heterocycles. The maximum Gasteiger partial charge on any atom is 0.241 e. The van der Waals surface area contributed by atoms with Gasteiger partial charge in [-0.3, -0.25) is 9.69 Å². The summed E-state index contributed by atoms with van der Waals surface area (Å²) < 4.78 is 0. The number of nitrogens with one attached hydrogen (secondary N) is 1. The average molecular weight is 317 g/mol. The van der Waals surface area contributed by atoms with Gasteiger partial charge in [0.2, 0.25) is 5.91 Å². The topological polar surface area (TPSA) is 32.3 Å². The zero-order valence-electron chi connectivity index (χ0n) is 12.6. The van der Waals surface area contributed by atoms with Gasteiger partial charge >= 0.3 is 0 Å². The van der Waals surface area contributed by atoms with E-state index in [2.05, 4.69) is 36.4 Å². The smallest absolute Gasteiger partial charge is 0.241 e. The second kappa shape index (κ2) is 8.01. The third-order valence-corrected chi connectivity index (χ3v) is 4.86. The van der Waals surface area contributed by atoms with E-state index in [-0.39, 0.29) is 24.4 Å². The second-order valence-electron chi connectivity index (χ2n) is 5.39. The number of amides is 1. The number of anilines is 1. The maximum absolute atomic E-state index is 12.5. The molecule has 0 aromatic carbocycles. The molecule has 1 amide bonds. The third-order valence-electron chi connectivity index (χ3n) is 3.83. The van der Waals surface area contributed by atoms with E-state index in [4.69, 9.17) is 0 Å². The summed E-state index contributed by atoms with van der Waals surface area (Å²) >= 11 is 1.70. The van der Waals surface area contributed by atoms with E-state index in [1.807, 2.05) is 0 Å². The van der Waals surface area contributed by atoms with Crippen LogP contribution < -0.4 is 5.32 Å². The van der Waals surface area contributed by atoms with E-state index in [1.165, 1.54) is 23.3 Å². The molecule has 1 aliphatic rings. The van der Waals surface area contributed by atoms with Crippen molar-refractivity contribution >= 4 is 35.3 Å². The van der Waals surface area contributed by atoms with Crippen molar-refractivity contribution < 1.29 is 4.79 Å². The van der Waals surface area contributed by atoms with Crippen LogP contribution in [-0.4, -0.2) is 29.9 Å². The zero-order chi connectivity index (χ0) is 13.8. The molecule has 114 valence electrons. The summed E-state index contributed by atoms with van der Waals surface area (Å²) in [6, 6.07) is 0.0624. The van der Waals surface area contributed by atoms with Gasteiger partial charge in [-0.15, -0.1) is 23.7 Å². The fourth-order valence-corrected chi connectivity index (χ4v) is 3.61. The van der Waals surface area contributed by atoms with Gasteiger partial charge in [0.05, 0.1) is 11.7 Å². The highest BCUT2D eigenvalue weighted by Gasteiger charge is 2.28. The van der Waals surface area contributed by atoms with Gasteiger partial charge in [-0.25, -0.2) is 0 Å². The first-order chi connectivity index (χ1) is 9.13. The fraction of sp³-hybridized carbons (Fsp3) is 0.667. The Labute approximate surface area is 132 Å². The lowest BCUT2D eigenvalue weighted by molar-refractivity contribution is -0.122. The number of carbonyl (C=O) groups excluding carboxylic acids is 1. The van der Waals surface area contributed by atoms with Gasteiger partial charge in [0.25, 0.3) is 0 Å². The molecule has 1 saturated heterocycles. The summed E-state index contributed by atoms with van der Waals surface area (Å²) in [5, 5.41) is 5.25. The summed E-state index contributed by atoms with van der Waals surface area (Å²) in [6.07, 6.45) is 4.49. The standard InChI is InChI=1S/C15H24N2OS.ClH/c1-4-8-17-9-6-5-7-13(17)15(18)16-14-11(2)10-19-12(14)3;/h10,13H,4-9H2,1-3H3,(H,16,18);1H/t13-;/m0./s1. The van der Waals surface area contributed by atoms with Crippen molar-refractivity contribution in [1.82, 2.24) is 4.90 Å². The minimum Gasteiger partial charge on any atom is -0.323 e. The molecule has 2 rings (SSSR count). The number of likely N-dealkylation sites (tertiary alicyclic amines) is 1. The number of aryl methyl sites for hydroxylation is 2. The molecular formula is C15H25ClN2OS. The van der Waals surface area contributed by atoms with Crippen LogP contribution in [0.4, 0.5) is 5.69 Å². The van der Waals surface area contributed by atoms with E-state index in [0.29, 0.717) is 0 Å². The predicted octanol–water partition coefficient (Wildman–Crippen LogP) is 3.99. The van der Waals surface area contributed by atoms with Crippen molar-refractivity contribution in [2.45, 2.75) is 52.5 Å². The van der Waals surface area contributed by atoms with Crippen molar-refractivity contribution in [2.75, 3.05) is 18.4 Å². The number of nitrogens with zero attached hydrogens (tertiary/aromatic N) is 1. The van der Waals surface area contributed by atoms with Gasteiger partial charge in [-0.2, -0.15) is 0 Å². The van der Waals surface area contributed by atoms with Crippen LogP contribution in [0.3, 0.4) is 0 Å². The SMILES string of the molecule is CCCN1CCCC[C@H]1C(=O)Nc1c(C)csc1C.Cl. The summed E-state index contributed by atoms with van der Waals surface area (Å²) in [6.45, 7) is 8.39. The lowest BCUT2D eigenvalue weighted by Gasteiger charge is -2.34. The van der Waals surface area contributed by atoms with E-state index in [0.717, 1.165) is 31.6 Å². The number of hydrogen-bond donors (Lipinski definition) is 1. The molecule has 1 aliphatic heterocycles. The first-order valence-corrected chi connectivity index (χ1v) is 8.11. The van der Waals surface area contributed by atoms with Gasteiger partial charge in [-0.05, 0) is 57.1 Å². The van der Waals surface area contributed by atoms with E-state index >= 15 is 0 Å². The minimum absolute atomic E-state index is 0. The van der Waals surface area contributed by atoms with Crippen LogP contribution in [0.25, 0.3) is 0 Å². The average Bonchev–Trinajstić information content (AvgIpc) is 2.71. The van der Waals surface area contributed by atoms with Crippen molar-refractivity contribution in [3.8, 4) is 0 Å². The maximum atomic E-state index is 12.5. The van der Waals surface area contributed by atoms with Crippen LogP contribution >= 0.6 is 23.7 Å². The largest absolute Gasteiger partial charge is 0.323 e. The van der Waals surface area contributed by atoms with Crippen LogP contribution in [0, 0.1) is 13.8 Å². The molecule has 0 saturated carbocycles. The Morgan fingerprint density at radius 3 is 2.80 bits per heavy atom. The number of carbonyl (C=O) groups is 1. The summed E-state index contributed by atoms with van der Waals surface area (Å²) in [7, 11) is 0. The zero-order valence-corrected chi connectivity index (χ0v) is 14.2. The van der Waals surface area contributed by atoms with E-state index in [9.17, 15) is 4.79 Å². The predicted molar refractivity (Wildman–Crippen MR) is 89.2 cm³/mol. The molecule has 20 heavy (non-hydrogen) atoms. The highest BCUT2D eigenvalue weighted by molar-refractivity contribution is 7.10. The molecular weight excluding hydrogens is 292 g/mol. The molecule has 3 nitrogen and oxygen atoms in total.